The number of fused-ring (bicyclic) bond motifs is 1. The van der Waals surface area contributed by atoms with Crippen molar-refractivity contribution in [3.8, 4) is 0 Å². The van der Waals surface area contributed by atoms with Crippen molar-refractivity contribution in [2.75, 3.05) is 25.5 Å². The zero-order valence-corrected chi connectivity index (χ0v) is 14.2. The van der Waals surface area contributed by atoms with Gasteiger partial charge in [0.15, 0.2) is 0 Å². The molecule has 8 heteroatoms. The summed E-state index contributed by atoms with van der Waals surface area (Å²) in [5.41, 5.74) is 1.28. The smallest absolute Gasteiger partial charge is 0.243 e. The van der Waals surface area contributed by atoms with Gasteiger partial charge < -0.3 is 10.6 Å². The maximum absolute atomic E-state index is 12.6. The van der Waals surface area contributed by atoms with Gasteiger partial charge in [-0.15, -0.1) is 0 Å². The first-order valence-electron chi connectivity index (χ1n) is 7.45. The second-order valence-corrected chi connectivity index (χ2v) is 7.62. The number of nitrogens with zero attached hydrogens (tertiary/aromatic N) is 1. The minimum absolute atomic E-state index is 0.0744. The Morgan fingerprint density at radius 3 is 2.74 bits per heavy atom. The normalized spacial score (nSPS) is 17.0. The lowest BCUT2D eigenvalue weighted by Gasteiger charge is -2.17. The highest BCUT2D eigenvalue weighted by Gasteiger charge is 2.30. The molecule has 0 aliphatic carbocycles. The van der Waals surface area contributed by atoms with Gasteiger partial charge in [0, 0.05) is 19.3 Å². The Balaban J connectivity index is 2.20. The fraction of sp³-hybridized carbons (Fsp3) is 0.467. The Morgan fingerprint density at radius 2 is 2.09 bits per heavy atom. The fourth-order valence-corrected chi connectivity index (χ4v) is 3.51. The molecule has 2 amide bonds. The average Bonchev–Trinajstić information content (AvgIpc) is 2.79. The van der Waals surface area contributed by atoms with Gasteiger partial charge >= 0.3 is 0 Å². The van der Waals surface area contributed by atoms with E-state index in [2.05, 4.69) is 10.6 Å². The summed E-state index contributed by atoms with van der Waals surface area (Å²) in [7, 11) is -2.43. The molecule has 0 fully saturated rings. The van der Waals surface area contributed by atoms with Crippen molar-refractivity contribution in [1.82, 2.24) is 9.62 Å². The SMILES string of the molecule is CCCNC(=O)CN(C)S(=O)(=O)c1ccc2c(c1)[C@H](C)C(=O)N2. The number of hydrogen-bond acceptors (Lipinski definition) is 4. The second kappa shape index (κ2) is 6.67. The van der Waals surface area contributed by atoms with E-state index in [1.54, 1.807) is 13.0 Å². The molecule has 1 heterocycles. The molecule has 0 unspecified atom stereocenters. The topological polar surface area (TPSA) is 95.6 Å². The summed E-state index contributed by atoms with van der Waals surface area (Å²) in [6.45, 7) is 3.91. The Hall–Kier alpha value is -1.93. The van der Waals surface area contributed by atoms with Gasteiger partial charge in [0.1, 0.15) is 0 Å². The van der Waals surface area contributed by atoms with Crippen LogP contribution in [-0.4, -0.2) is 44.7 Å². The average molecular weight is 339 g/mol. The number of amides is 2. The van der Waals surface area contributed by atoms with Crippen LogP contribution in [-0.2, 0) is 19.6 Å². The molecule has 2 N–H and O–H groups in total. The quantitative estimate of drug-likeness (QED) is 0.804. The van der Waals surface area contributed by atoms with Crippen LogP contribution in [0, 0.1) is 0 Å². The van der Waals surface area contributed by atoms with Gasteiger partial charge in [-0.3, -0.25) is 9.59 Å². The van der Waals surface area contributed by atoms with Crippen LogP contribution in [0.25, 0.3) is 0 Å². The van der Waals surface area contributed by atoms with E-state index in [0.29, 0.717) is 17.8 Å². The molecule has 0 bridgehead atoms. The van der Waals surface area contributed by atoms with Gasteiger partial charge in [-0.1, -0.05) is 6.92 Å². The van der Waals surface area contributed by atoms with Crippen LogP contribution in [0.2, 0.25) is 0 Å². The van der Waals surface area contributed by atoms with E-state index in [9.17, 15) is 18.0 Å². The fourth-order valence-electron chi connectivity index (χ4n) is 2.34. The number of carbonyl (C=O) groups is 2. The van der Waals surface area contributed by atoms with Crippen molar-refractivity contribution in [1.29, 1.82) is 0 Å². The highest BCUT2D eigenvalue weighted by molar-refractivity contribution is 7.89. The molecular weight excluding hydrogens is 318 g/mol. The zero-order chi connectivity index (χ0) is 17.2. The third-order valence-electron chi connectivity index (χ3n) is 3.79. The first-order chi connectivity index (χ1) is 10.8. The second-order valence-electron chi connectivity index (χ2n) is 5.57. The molecule has 0 aromatic heterocycles. The molecule has 0 radical (unpaired) electrons. The number of rotatable bonds is 6. The Labute approximate surface area is 136 Å². The van der Waals surface area contributed by atoms with E-state index in [4.69, 9.17) is 0 Å². The van der Waals surface area contributed by atoms with Gasteiger partial charge in [0.25, 0.3) is 0 Å². The van der Waals surface area contributed by atoms with Crippen LogP contribution in [0.5, 0.6) is 0 Å². The molecular formula is C15H21N3O4S. The standard InChI is InChI=1S/C15H21N3O4S/c1-4-7-16-14(19)9-18(3)23(21,22)11-5-6-13-12(8-11)10(2)15(20)17-13/h5-6,8,10H,4,7,9H2,1-3H3,(H,16,19)(H,17,20)/t10-/m0/s1. The summed E-state index contributed by atoms with van der Waals surface area (Å²) in [5, 5.41) is 5.34. The summed E-state index contributed by atoms with van der Waals surface area (Å²) >= 11 is 0. The highest BCUT2D eigenvalue weighted by Crippen LogP contribution is 2.34. The van der Waals surface area contributed by atoms with Crippen LogP contribution >= 0.6 is 0 Å². The van der Waals surface area contributed by atoms with Crippen LogP contribution in [0.15, 0.2) is 23.1 Å². The first kappa shape index (κ1) is 17.4. The summed E-state index contributed by atoms with van der Waals surface area (Å²) in [6, 6.07) is 4.51. The number of likely N-dealkylation sites (N-methyl/N-ethyl adjacent to an activating group) is 1. The monoisotopic (exact) mass is 339 g/mol. The number of anilines is 1. The van der Waals surface area contributed by atoms with E-state index in [-0.39, 0.29) is 23.3 Å². The van der Waals surface area contributed by atoms with Crippen LogP contribution in [0.4, 0.5) is 5.69 Å². The van der Waals surface area contributed by atoms with Gasteiger partial charge in [-0.2, -0.15) is 4.31 Å². The molecule has 7 nitrogen and oxygen atoms in total. The van der Waals surface area contributed by atoms with E-state index in [0.717, 1.165) is 10.7 Å². The van der Waals surface area contributed by atoms with Gasteiger partial charge in [0.05, 0.1) is 17.4 Å². The van der Waals surface area contributed by atoms with E-state index < -0.39 is 15.9 Å². The minimum atomic E-state index is -3.79. The third-order valence-corrected chi connectivity index (χ3v) is 5.59. The maximum Gasteiger partial charge on any atom is 0.243 e. The minimum Gasteiger partial charge on any atom is -0.355 e. The zero-order valence-electron chi connectivity index (χ0n) is 13.4. The molecule has 2 rings (SSSR count). The Kier molecular flexibility index (Phi) is 5.06. The van der Waals surface area contributed by atoms with E-state index in [1.165, 1.54) is 19.2 Å². The predicted octanol–water partition coefficient (Wildman–Crippen LogP) is 0.889. The number of benzene rings is 1. The van der Waals surface area contributed by atoms with E-state index in [1.807, 2.05) is 6.92 Å². The van der Waals surface area contributed by atoms with Crippen LogP contribution in [0.1, 0.15) is 31.7 Å². The molecule has 126 valence electrons. The number of sulfonamides is 1. The number of nitrogens with one attached hydrogen (secondary N) is 2. The molecule has 1 aromatic carbocycles. The predicted molar refractivity (Wildman–Crippen MR) is 86.6 cm³/mol. The molecule has 1 aromatic rings. The molecule has 0 saturated heterocycles. The van der Waals surface area contributed by atoms with Gasteiger partial charge in [-0.05, 0) is 37.1 Å². The molecule has 1 atom stereocenters. The Bertz CT molecular complexity index is 730. The van der Waals surface area contributed by atoms with Crippen LogP contribution in [0.3, 0.4) is 0 Å². The number of carbonyl (C=O) groups excluding carboxylic acids is 2. The lowest BCUT2D eigenvalue weighted by molar-refractivity contribution is -0.121. The molecule has 0 saturated carbocycles. The van der Waals surface area contributed by atoms with Crippen molar-refractivity contribution in [3.63, 3.8) is 0 Å². The van der Waals surface area contributed by atoms with Crippen molar-refractivity contribution < 1.29 is 18.0 Å². The summed E-state index contributed by atoms with van der Waals surface area (Å²) < 4.78 is 26.1. The largest absolute Gasteiger partial charge is 0.355 e. The molecule has 23 heavy (non-hydrogen) atoms. The number of hydrogen-bond donors (Lipinski definition) is 2. The molecule has 1 aliphatic rings. The maximum atomic E-state index is 12.6. The first-order valence-corrected chi connectivity index (χ1v) is 8.89. The van der Waals surface area contributed by atoms with Crippen molar-refractivity contribution in [3.05, 3.63) is 23.8 Å². The van der Waals surface area contributed by atoms with Crippen LogP contribution < -0.4 is 10.6 Å². The van der Waals surface area contributed by atoms with Gasteiger partial charge in [-0.25, -0.2) is 8.42 Å². The van der Waals surface area contributed by atoms with Gasteiger partial charge in [0.2, 0.25) is 21.8 Å². The highest BCUT2D eigenvalue weighted by atomic mass is 32.2. The summed E-state index contributed by atoms with van der Waals surface area (Å²) in [5.74, 6) is -0.885. The van der Waals surface area contributed by atoms with Crippen molar-refractivity contribution in [2.45, 2.75) is 31.1 Å². The van der Waals surface area contributed by atoms with Crippen molar-refractivity contribution >= 4 is 27.5 Å². The lowest BCUT2D eigenvalue weighted by atomic mass is 10.0. The third kappa shape index (κ3) is 3.53. The van der Waals surface area contributed by atoms with Crippen molar-refractivity contribution in [2.24, 2.45) is 0 Å². The molecule has 0 spiro atoms. The van der Waals surface area contributed by atoms with E-state index >= 15 is 0 Å². The lowest BCUT2D eigenvalue weighted by Crippen LogP contribution is -2.38. The summed E-state index contributed by atoms with van der Waals surface area (Å²) in [6.07, 6.45) is 0.784. The summed E-state index contributed by atoms with van der Waals surface area (Å²) in [4.78, 5) is 23.4. The Morgan fingerprint density at radius 1 is 1.39 bits per heavy atom. The molecule has 1 aliphatic heterocycles.